The van der Waals surface area contributed by atoms with Crippen LogP contribution in [0.25, 0.3) is 0 Å². The van der Waals surface area contributed by atoms with Crippen LogP contribution in [0.2, 0.25) is 0 Å². The third kappa shape index (κ3) is 6.90. The molecule has 0 aliphatic heterocycles. The highest BCUT2D eigenvalue weighted by Crippen LogP contribution is 2.39. The van der Waals surface area contributed by atoms with E-state index < -0.39 is 0 Å². The number of halogens is 2. The van der Waals surface area contributed by atoms with Crippen LogP contribution in [0.15, 0.2) is 38.2 Å². The molecule has 2 N–H and O–H groups in total. The number of hydrogen-bond acceptors (Lipinski definition) is 4. The fourth-order valence-electron chi connectivity index (χ4n) is 4.85. The number of nitrogens with zero attached hydrogens (tertiary/aromatic N) is 2. The van der Waals surface area contributed by atoms with Crippen molar-refractivity contribution in [2.45, 2.75) is 96.7 Å². The van der Waals surface area contributed by atoms with Crippen LogP contribution in [0, 0.1) is 0 Å². The molecule has 1 aliphatic carbocycles. The molecule has 0 bridgehead atoms. The Morgan fingerprint density at radius 1 is 0.943 bits per heavy atom. The minimum atomic E-state index is -0.142. The van der Waals surface area contributed by atoms with E-state index in [4.69, 9.17) is 4.99 Å². The largest absolute Gasteiger partial charge is 0.507 e. The van der Waals surface area contributed by atoms with E-state index in [9.17, 15) is 10.2 Å². The topological polar surface area (TPSA) is 56.1 Å². The van der Waals surface area contributed by atoms with Crippen molar-refractivity contribution in [1.82, 2.24) is 4.90 Å². The summed E-state index contributed by atoms with van der Waals surface area (Å²) in [4.78, 5) is 7.30. The average molecular weight is 608 g/mol. The summed E-state index contributed by atoms with van der Waals surface area (Å²) in [5.41, 5.74) is 3.78. The Bertz CT molecular complexity index is 1080. The first-order valence-electron chi connectivity index (χ1n) is 12.5. The molecular formula is C29H40Br2N2O2. The maximum atomic E-state index is 11.3. The maximum Gasteiger partial charge on any atom is 0.138 e. The molecular weight excluding hydrogens is 568 g/mol. The molecule has 0 amide bonds. The Kier molecular flexibility index (Phi) is 8.81. The van der Waals surface area contributed by atoms with Crippen molar-refractivity contribution in [3.63, 3.8) is 0 Å². The van der Waals surface area contributed by atoms with Crippen molar-refractivity contribution in [2.75, 3.05) is 7.05 Å². The van der Waals surface area contributed by atoms with Crippen LogP contribution in [-0.4, -0.2) is 40.5 Å². The van der Waals surface area contributed by atoms with Crippen LogP contribution in [-0.2, 0) is 17.4 Å². The zero-order valence-electron chi connectivity index (χ0n) is 22.1. The summed E-state index contributed by atoms with van der Waals surface area (Å²) < 4.78 is 1.54. The van der Waals surface area contributed by atoms with Gasteiger partial charge in [0, 0.05) is 34.4 Å². The predicted octanol–water partition coefficient (Wildman–Crippen LogP) is 8.08. The number of hydrogen-bond donors (Lipinski definition) is 2. The van der Waals surface area contributed by atoms with Gasteiger partial charge in [0.1, 0.15) is 11.5 Å². The van der Waals surface area contributed by atoms with Gasteiger partial charge in [0.05, 0.1) is 10.5 Å². The van der Waals surface area contributed by atoms with Gasteiger partial charge in [0.25, 0.3) is 0 Å². The lowest BCUT2D eigenvalue weighted by molar-refractivity contribution is 0.162. The maximum absolute atomic E-state index is 11.3. The smallest absolute Gasteiger partial charge is 0.138 e. The van der Waals surface area contributed by atoms with Gasteiger partial charge in [0.2, 0.25) is 0 Å². The van der Waals surface area contributed by atoms with Crippen molar-refractivity contribution in [1.29, 1.82) is 0 Å². The summed E-state index contributed by atoms with van der Waals surface area (Å²) in [5.74, 6) is 0.619. The normalized spacial score (nSPS) is 19.6. The molecule has 1 aliphatic rings. The molecule has 0 aromatic heterocycles. The predicted molar refractivity (Wildman–Crippen MR) is 154 cm³/mol. The highest BCUT2D eigenvalue weighted by molar-refractivity contribution is 9.11. The molecule has 1 fully saturated rings. The van der Waals surface area contributed by atoms with E-state index in [0.717, 1.165) is 34.9 Å². The van der Waals surface area contributed by atoms with Gasteiger partial charge >= 0.3 is 0 Å². The van der Waals surface area contributed by atoms with E-state index in [1.54, 1.807) is 6.21 Å². The minimum Gasteiger partial charge on any atom is -0.507 e. The number of aromatic hydroxyl groups is 2. The molecule has 192 valence electrons. The summed E-state index contributed by atoms with van der Waals surface area (Å²) in [6.45, 7) is 13.8. The second-order valence-corrected chi connectivity index (χ2v) is 13.7. The lowest BCUT2D eigenvalue weighted by Crippen LogP contribution is -2.42. The van der Waals surface area contributed by atoms with Crippen LogP contribution >= 0.6 is 31.9 Å². The molecule has 3 rings (SSSR count). The van der Waals surface area contributed by atoms with Gasteiger partial charge in [-0.2, -0.15) is 0 Å². The molecule has 6 heteroatoms. The van der Waals surface area contributed by atoms with Gasteiger partial charge in [-0.15, -0.1) is 0 Å². The quantitative estimate of drug-likeness (QED) is 0.338. The zero-order valence-corrected chi connectivity index (χ0v) is 25.3. The highest BCUT2D eigenvalue weighted by Gasteiger charge is 2.30. The van der Waals surface area contributed by atoms with Crippen molar-refractivity contribution >= 4 is 38.1 Å². The highest BCUT2D eigenvalue weighted by atomic mass is 79.9. The first-order valence-corrected chi connectivity index (χ1v) is 14.1. The number of phenols is 2. The van der Waals surface area contributed by atoms with Crippen LogP contribution in [0.5, 0.6) is 11.5 Å². The molecule has 0 unspecified atom stereocenters. The summed E-state index contributed by atoms with van der Waals surface area (Å²) in [6.07, 6.45) is 6.22. The molecule has 4 nitrogen and oxygen atoms in total. The Morgan fingerprint density at radius 2 is 1.60 bits per heavy atom. The van der Waals surface area contributed by atoms with Gasteiger partial charge in [-0.25, -0.2) is 0 Å². The lowest BCUT2D eigenvalue weighted by atomic mass is 9.78. The van der Waals surface area contributed by atoms with E-state index in [1.165, 1.54) is 12.0 Å². The molecule has 2 atom stereocenters. The Labute approximate surface area is 228 Å². The van der Waals surface area contributed by atoms with Crippen LogP contribution in [0.3, 0.4) is 0 Å². The first-order chi connectivity index (χ1) is 16.2. The van der Waals surface area contributed by atoms with Gasteiger partial charge in [-0.05, 0) is 69.9 Å². The van der Waals surface area contributed by atoms with Gasteiger partial charge < -0.3 is 10.2 Å². The average Bonchev–Trinajstić information content (AvgIpc) is 2.75. The van der Waals surface area contributed by atoms with Crippen LogP contribution < -0.4 is 0 Å². The van der Waals surface area contributed by atoms with E-state index >= 15 is 0 Å². The number of likely N-dealkylation sites (N-methyl/N-ethyl adjacent to an activating group) is 1. The third-order valence-electron chi connectivity index (χ3n) is 7.01. The summed E-state index contributed by atoms with van der Waals surface area (Å²) in [6, 6.07) is 8.48. The molecule has 2 aromatic rings. The molecule has 35 heavy (non-hydrogen) atoms. The Balaban J connectivity index is 1.90. The van der Waals surface area contributed by atoms with Crippen molar-refractivity contribution in [3.05, 3.63) is 55.5 Å². The number of rotatable bonds is 5. The first kappa shape index (κ1) is 28.2. The van der Waals surface area contributed by atoms with Gasteiger partial charge in [-0.1, -0.05) is 82.4 Å². The van der Waals surface area contributed by atoms with Crippen LogP contribution in [0.4, 0.5) is 0 Å². The number of aliphatic imine (C=N–C) groups is 1. The van der Waals surface area contributed by atoms with Crippen molar-refractivity contribution in [2.24, 2.45) is 4.99 Å². The summed E-state index contributed by atoms with van der Waals surface area (Å²) in [5, 5.41) is 21.7. The molecule has 0 radical (unpaired) electrons. The van der Waals surface area contributed by atoms with Gasteiger partial charge in [-0.3, -0.25) is 9.89 Å². The third-order valence-corrected chi connectivity index (χ3v) is 8.07. The molecule has 2 aromatic carbocycles. The second kappa shape index (κ2) is 10.9. The van der Waals surface area contributed by atoms with E-state index in [-0.39, 0.29) is 28.7 Å². The van der Waals surface area contributed by atoms with E-state index in [0.29, 0.717) is 22.3 Å². The number of benzene rings is 2. The SMILES string of the molecule is CN(Cc1cc(C(C)(C)C)cc(C(C)(C)C)c1O)[C@H]1CCCC[C@@H]1N=Cc1cc(Br)cc(Br)c1O. The fraction of sp³-hybridized carbons (Fsp3) is 0.552. The zero-order chi connectivity index (χ0) is 26.1. The Morgan fingerprint density at radius 3 is 2.23 bits per heavy atom. The van der Waals surface area contributed by atoms with Gasteiger partial charge in [0.15, 0.2) is 0 Å². The van der Waals surface area contributed by atoms with Crippen molar-refractivity contribution < 1.29 is 10.2 Å². The summed E-state index contributed by atoms with van der Waals surface area (Å²) in [7, 11) is 2.14. The second-order valence-electron chi connectivity index (χ2n) is 12.0. The Hall–Kier alpha value is -1.37. The standard InChI is InChI=1S/C29H40Br2N2O2/c1-28(2,3)20-12-19(26(34)22(14-20)29(4,5)6)17-33(7)25-11-9-8-10-24(25)32-16-18-13-21(30)15-23(31)27(18)35/h12-16,24-25,34-35H,8-11,17H2,1-7H3/t24-,25-/m0/s1. The monoisotopic (exact) mass is 606 g/mol. The van der Waals surface area contributed by atoms with E-state index in [1.807, 2.05) is 12.1 Å². The molecule has 0 heterocycles. The molecule has 0 spiro atoms. The molecule has 0 saturated heterocycles. The fourth-order valence-corrected chi connectivity index (χ4v) is 6.10. The number of phenolic OH excluding ortho intramolecular Hbond substituents is 2. The minimum absolute atomic E-state index is 0.00107. The lowest BCUT2D eigenvalue weighted by Gasteiger charge is -2.37. The molecule has 1 saturated carbocycles. The summed E-state index contributed by atoms with van der Waals surface area (Å²) >= 11 is 6.90. The van der Waals surface area contributed by atoms with Crippen molar-refractivity contribution in [3.8, 4) is 11.5 Å². The van der Waals surface area contributed by atoms with E-state index in [2.05, 4.69) is 97.5 Å². The van der Waals surface area contributed by atoms with Crippen LogP contribution in [0.1, 0.15) is 89.5 Å².